The molecule has 0 aromatic heterocycles. The van der Waals surface area contributed by atoms with Crippen LogP contribution in [0.3, 0.4) is 0 Å². The highest BCUT2D eigenvalue weighted by Gasteiger charge is 2.16. The summed E-state index contributed by atoms with van der Waals surface area (Å²) in [6.45, 7) is 5.93. The van der Waals surface area contributed by atoms with E-state index in [1.165, 1.54) is 0 Å². The van der Waals surface area contributed by atoms with Gasteiger partial charge in [-0.05, 0) is 49.0 Å². The van der Waals surface area contributed by atoms with Gasteiger partial charge in [0, 0.05) is 50.0 Å². The van der Waals surface area contributed by atoms with Crippen molar-refractivity contribution in [2.24, 2.45) is 0 Å². The summed E-state index contributed by atoms with van der Waals surface area (Å²) in [5.41, 5.74) is 1.84. The third kappa shape index (κ3) is 7.37. The first-order valence-electron chi connectivity index (χ1n) is 10.9. The number of ether oxygens (including phenoxy) is 4. The van der Waals surface area contributed by atoms with Crippen molar-refractivity contribution < 1.29 is 18.9 Å². The second kappa shape index (κ2) is 12.8. The number of anilines is 1. The van der Waals surface area contributed by atoms with E-state index in [4.69, 9.17) is 42.8 Å². The highest BCUT2D eigenvalue weighted by molar-refractivity contribution is 7.80. The van der Waals surface area contributed by atoms with E-state index >= 15 is 0 Å². The van der Waals surface area contributed by atoms with Crippen molar-refractivity contribution in [2.75, 3.05) is 66.0 Å². The minimum atomic E-state index is 0.529. The SMILES string of the molecule is COc1ccc(CN(CCCN2CCOCC2)C(=S)Nc2ccc(OC)c(Cl)c2)c(OC)c1. The fourth-order valence-electron chi connectivity index (χ4n) is 3.70. The lowest BCUT2D eigenvalue weighted by molar-refractivity contribution is 0.0367. The second-order valence-electron chi connectivity index (χ2n) is 7.69. The number of methoxy groups -OCH3 is 3. The van der Waals surface area contributed by atoms with Gasteiger partial charge in [-0.25, -0.2) is 0 Å². The molecule has 7 nitrogen and oxygen atoms in total. The summed E-state index contributed by atoms with van der Waals surface area (Å²) in [4.78, 5) is 4.58. The first-order chi connectivity index (χ1) is 16.0. The number of nitrogens with zero attached hydrogens (tertiary/aromatic N) is 2. The zero-order valence-corrected chi connectivity index (χ0v) is 21.0. The monoisotopic (exact) mass is 493 g/mol. The van der Waals surface area contributed by atoms with E-state index < -0.39 is 0 Å². The number of morpholine rings is 1. The van der Waals surface area contributed by atoms with Crippen LogP contribution in [0.1, 0.15) is 12.0 Å². The predicted molar refractivity (Wildman–Crippen MR) is 136 cm³/mol. The lowest BCUT2D eigenvalue weighted by Gasteiger charge is -2.30. The van der Waals surface area contributed by atoms with Crippen LogP contribution < -0.4 is 19.5 Å². The molecule has 0 saturated carbocycles. The Morgan fingerprint density at radius 1 is 1.06 bits per heavy atom. The molecule has 0 amide bonds. The van der Waals surface area contributed by atoms with Crippen molar-refractivity contribution in [2.45, 2.75) is 13.0 Å². The van der Waals surface area contributed by atoms with Gasteiger partial charge in [-0.3, -0.25) is 4.90 Å². The smallest absolute Gasteiger partial charge is 0.173 e. The van der Waals surface area contributed by atoms with E-state index in [9.17, 15) is 0 Å². The molecule has 1 heterocycles. The Labute approximate surface area is 206 Å². The van der Waals surface area contributed by atoms with E-state index in [-0.39, 0.29) is 0 Å². The Morgan fingerprint density at radius 3 is 2.48 bits per heavy atom. The van der Waals surface area contributed by atoms with Gasteiger partial charge >= 0.3 is 0 Å². The van der Waals surface area contributed by atoms with Gasteiger partial charge in [0.15, 0.2) is 5.11 Å². The van der Waals surface area contributed by atoms with Gasteiger partial charge in [0.25, 0.3) is 0 Å². The number of benzene rings is 2. The van der Waals surface area contributed by atoms with E-state index in [0.29, 0.717) is 22.4 Å². The Balaban J connectivity index is 1.72. The zero-order valence-electron chi connectivity index (χ0n) is 19.4. The number of thiocarbonyl (C=S) groups is 1. The Morgan fingerprint density at radius 2 is 1.82 bits per heavy atom. The Hall–Kier alpha value is -2.26. The summed E-state index contributed by atoms with van der Waals surface area (Å²) in [7, 11) is 4.90. The molecule has 1 saturated heterocycles. The molecule has 2 aromatic carbocycles. The van der Waals surface area contributed by atoms with Gasteiger partial charge in [0.05, 0.1) is 39.6 Å². The van der Waals surface area contributed by atoms with Crippen LogP contribution in [0.2, 0.25) is 5.02 Å². The predicted octanol–water partition coefficient (Wildman–Crippen LogP) is 4.29. The van der Waals surface area contributed by atoms with Gasteiger partial charge in [0.1, 0.15) is 17.2 Å². The molecule has 0 spiro atoms. The molecule has 1 aliphatic rings. The van der Waals surface area contributed by atoms with Gasteiger partial charge < -0.3 is 29.2 Å². The van der Waals surface area contributed by atoms with Crippen molar-refractivity contribution >= 4 is 34.6 Å². The summed E-state index contributed by atoms with van der Waals surface area (Å²) in [5, 5.41) is 4.47. The average molecular weight is 494 g/mol. The number of rotatable bonds is 10. The largest absolute Gasteiger partial charge is 0.497 e. The van der Waals surface area contributed by atoms with Gasteiger partial charge in [-0.15, -0.1) is 0 Å². The highest BCUT2D eigenvalue weighted by Crippen LogP contribution is 2.28. The average Bonchev–Trinajstić information content (AvgIpc) is 2.84. The van der Waals surface area contributed by atoms with Crippen LogP contribution in [0.4, 0.5) is 5.69 Å². The van der Waals surface area contributed by atoms with Gasteiger partial charge in [-0.2, -0.15) is 0 Å². The first kappa shape index (κ1) is 25.4. The van der Waals surface area contributed by atoms with E-state index in [0.717, 1.165) is 68.6 Å². The fourth-order valence-corrected chi connectivity index (χ4v) is 4.23. The second-order valence-corrected chi connectivity index (χ2v) is 8.48. The highest BCUT2D eigenvalue weighted by atomic mass is 35.5. The van der Waals surface area contributed by atoms with Crippen molar-refractivity contribution in [1.82, 2.24) is 9.80 Å². The Kier molecular flexibility index (Phi) is 9.87. The molecule has 0 aliphatic carbocycles. The summed E-state index contributed by atoms with van der Waals surface area (Å²) in [5.74, 6) is 2.14. The van der Waals surface area contributed by atoms with Crippen molar-refractivity contribution in [3.05, 3.63) is 47.0 Å². The van der Waals surface area contributed by atoms with E-state index in [1.807, 2.05) is 36.4 Å². The molecule has 0 bridgehead atoms. The maximum absolute atomic E-state index is 6.29. The first-order valence-corrected chi connectivity index (χ1v) is 11.7. The van der Waals surface area contributed by atoms with Crippen molar-refractivity contribution in [3.63, 3.8) is 0 Å². The number of nitrogens with one attached hydrogen (secondary N) is 1. The van der Waals surface area contributed by atoms with Crippen LogP contribution in [-0.2, 0) is 11.3 Å². The molecule has 1 aliphatic heterocycles. The summed E-state index contributed by atoms with van der Waals surface area (Å²) in [6, 6.07) is 11.4. The van der Waals surface area contributed by atoms with Crippen LogP contribution >= 0.6 is 23.8 Å². The molecule has 1 N–H and O–H groups in total. The van der Waals surface area contributed by atoms with Gasteiger partial charge in [0.2, 0.25) is 0 Å². The Bertz CT molecular complexity index is 925. The van der Waals surface area contributed by atoms with E-state index in [1.54, 1.807) is 21.3 Å². The molecule has 0 radical (unpaired) electrons. The molecular weight excluding hydrogens is 462 g/mol. The summed E-state index contributed by atoms with van der Waals surface area (Å²) >= 11 is 12.1. The molecule has 180 valence electrons. The number of hydrogen-bond acceptors (Lipinski definition) is 6. The molecule has 0 atom stereocenters. The minimum absolute atomic E-state index is 0.529. The molecule has 9 heteroatoms. The maximum atomic E-state index is 6.29. The summed E-state index contributed by atoms with van der Waals surface area (Å²) < 4.78 is 21.6. The minimum Gasteiger partial charge on any atom is -0.497 e. The number of halogens is 1. The van der Waals surface area contributed by atoms with Crippen molar-refractivity contribution in [3.8, 4) is 17.2 Å². The van der Waals surface area contributed by atoms with Crippen LogP contribution in [0.5, 0.6) is 17.2 Å². The molecular formula is C24H32ClN3O4S. The standard InChI is InChI=1S/C24H32ClN3O4S/c1-29-20-7-5-18(23(16-20)31-3)17-28(10-4-9-27-11-13-32-14-12-27)24(33)26-19-6-8-22(30-2)21(25)15-19/h5-8,15-16H,4,9-14,17H2,1-3H3,(H,26,33). The lowest BCUT2D eigenvalue weighted by Crippen LogP contribution is -2.40. The quantitative estimate of drug-likeness (QED) is 0.492. The molecule has 3 rings (SSSR count). The topological polar surface area (TPSA) is 55.4 Å². The van der Waals surface area contributed by atoms with Gasteiger partial charge in [-0.1, -0.05) is 11.6 Å². The van der Waals surface area contributed by atoms with Crippen LogP contribution in [0.25, 0.3) is 0 Å². The zero-order chi connectivity index (χ0) is 23.6. The molecule has 0 unspecified atom stereocenters. The molecule has 2 aromatic rings. The molecule has 1 fully saturated rings. The van der Waals surface area contributed by atoms with Crippen LogP contribution in [0, 0.1) is 0 Å². The lowest BCUT2D eigenvalue weighted by atomic mass is 10.1. The van der Waals surface area contributed by atoms with Crippen LogP contribution in [-0.4, -0.2) is 75.6 Å². The summed E-state index contributed by atoms with van der Waals surface area (Å²) in [6.07, 6.45) is 0.976. The van der Waals surface area contributed by atoms with E-state index in [2.05, 4.69) is 15.1 Å². The normalized spacial score (nSPS) is 13.9. The number of hydrogen-bond donors (Lipinski definition) is 1. The maximum Gasteiger partial charge on any atom is 0.173 e. The fraction of sp³-hybridized carbons (Fsp3) is 0.458. The third-order valence-electron chi connectivity index (χ3n) is 5.55. The van der Waals surface area contributed by atoms with Crippen molar-refractivity contribution in [1.29, 1.82) is 0 Å². The third-order valence-corrected chi connectivity index (χ3v) is 6.21. The molecule has 33 heavy (non-hydrogen) atoms. The van der Waals surface area contributed by atoms with Crippen LogP contribution in [0.15, 0.2) is 36.4 Å².